The molecule has 33 heavy (non-hydrogen) atoms. The van der Waals surface area contributed by atoms with E-state index in [0.29, 0.717) is 46.2 Å². The average molecular weight is 458 g/mol. The van der Waals surface area contributed by atoms with Crippen LogP contribution in [0.3, 0.4) is 0 Å². The smallest absolute Gasteiger partial charge is 0.407 e. The molecule has 8 heteroatoms. The number of esters is 1. The molecule has 0 saturated carbocycles. The summed E-state index contributed by atoms with van der Waals surface area (Å²) in [5, 5.41) is 2.71. The summed E-state index contributed by atoms with van der Waals surface area (Å²) in [6.07, 6.45) is -0.225. The van der Waals surface area contributed by atoms with Gasteiger partial charge in [-0.05, 0) is 22.3 Å². The van der Waals surface area contributed by atoms with E-state index in [1.165, 1.54) is 29.4 Å². The van der Waals surface area contributed by atoms with Gasteiger partial charge >= 0.3 is 12.1 Å². The Morgan fingerprint density at radius 2 is 1.33 bits per heavy atom. The van der Waals surface area contributed by atoms with E-state index in [0.717, 1.165) is 0 Å². The topological polar surface area (TPSA) is 92.3 Å². The second kappa shape index (κ2) is 13.6. The van der Waals surface area contributed by atoms with E-state index in [2.05, 4.69) is 34.3 Å². The van der Waals surface area contributed by atoms with Gasteiger partial charge in [-0.25, -0.2) is 4.79 Å². The number of hydrogen-bond acceptors (Lipinski definition) is 7. The molecule has 0 atom stereocenters. The van der Waals surface area contributed by atoms with Crippen molar-refractivity contribution in [3.8, 4) is 11.1 Å². The molecule has 0 bridgehead atoms. The van der Waals surface area contributed by atoms with Crippen molar-refractivity contribution in [2.45, 2.75) is 12.3 Å². The first-order chi connectivity index (χ1) is 16.2. The Morgan fingerprint density at radius 1 is 0.788 bits per heavy atom. The van der Waals surface area contributed by atoms with Gasteiger partial charge in [0.25, 0.3) is 0 Å². The Kier molecular flexibility index (Phi) is 10.2. The highest BCUT2D eigenvalue weighted by Gasteiger charge is 2.28. The number of hydrogen-bond donors (Lipinski definition) is 1. The van der Waals surface area contributed by atoms with Gasteiger partial charge < -0.3 is 29.0 Å². The number of alkyl carbamates (subject to hydrolysis) is 1. The van der Waals surface area contributed by atoms with Crippen LogP contribution in [0.15, 0.2) is 48.5 Å². The molecule has 0 unspecified atom stereocenters. The monoisotopic (exact) mass is 457 g/mol. The van der Waals surface area contributed by atoms with Crippen LogP contribution in [0.1, 0.15) is 23.5 Å². The summed E-state index contributed by atoms with van der Waals surface area (Å²) in [5.74, 6) is -0.253. The summed E-state index contributed by atoms with van der Waals surface area (Å²) < 4.78 is 26.0. The molecule has 0 spiro atoms. The van der Waals surface area contributed by atoms with Gasteiger partial charge in [0, 0.05) is 12.5 Å². The molecular formula is C25H31NO7. The zero-order valence-electron chi connectivity index (χ0n) is 18.9. The molecule has 2 aromatic carbocycles. The van der Waals surface area contributed by atoms with Crippen LogP contribution in [0.25, 0.3) is 11.1 Å². The van der Waals surface area contributed by atoms with Crippen LogP contribution >= 0.6 is 0 Å². The number of fused-ring (bicyclic) bond motifs is 3. The maximum Gasteiger partial charge on any atom is 0.407 e. The fraction of sp³-hybridized carbons (Fsp3) is 0.440. The third kappa shape index (κ3) is 7.56. The minimum atomic E-state index is -0.458. The van der Waals surface area contributed by atoms with Crippen LogP contribution in [-0.4, -0.2) is 72.0 Å². The van der Waals surface area contributed by atoms with E-state index < -0.39 is 6.09 Å². The average Bonchev–Trinajstić information content (AvgIpc) is 3.17. The Balaban J connectivity index is 1.22. The maximum absolute atomic E-state index is 12.1. The minimum Gasteiger partial charge on any atom is -0.469 e. The van der Waals surface area contributed by atoms with Crippen LogP contribution in [-0.2, 0) is 28.5 Å². The van der Waals surface area contributed by atoms with Crippen LogP contribution in [0.2, 0.25) is 0 Å². The molecule has 0 fully saturated rings. The lowest BCUT2D eigenvalue weighted by atomic mass is 9.98. The fourth-order valence-corrected chi connectivity index (χ4v) is 3.67. The normalized spacial score (nSPS) is 12.2. The molecule has 1 N–H and O–H groups in total. The third-order valence-electron chi connectivity index (χ3n) is 5.28. The number of amides is 1. The van der Waals surface area contributed by atoms with E-state index in [1.807, 2.05) is 24.3 Å². The van der Waals surface area contributed by atoms with Gasteiger partial charge in [0.15, 0.2) is 0 Å². The molecule has 1 amide bonds. The van der Waals surface area contributed by atoms with Crippen molar-refractivity contribution in [2.24, 2.45) is 0 Å². The first kappa shape index (κ1) is 24.7. The van der Waals surface area contributed by atoms with Crippen LogP contribution in [0.5, 0.6) is 0 Å². The van der Waals surface area contributed by atoms with E-state index in [-0.39, 0.29) is 24.9 Å². The van der Waals surface area contributed by atoms with Gasteiger partial charge in [-0.2, -0.15) is 0 Å². The van der Waals surface area contributed by atoms with Crippen molar-refractivity contribution in [2.75, 3.05) is 59.9 Å². The zero-order valence-corrected chi connectivity index (χ0v) is 18.9. The molecule has 2 aromatic rings. The van der Waals surface area contributed by atoms with Crippen LogP contribution < -0.4 is 5.32 Å². The zero-order chi connectivity index (χ0) is 23.3. The summed E-state index contributed by atoms with van der Waals surface area (Å²) in [5.41, 5.74) is 4.77. The number of carbonyl (C=O) groups is 2. The van der Waals surface area contributed by atoms with E-state index >= 15 is 0 Å². The fourth-order valence-electron chi connectivity index (χ4n) is 3.67. The van der Waals surface area contributed by atoms with Crippen molar-refractivity contribution in [3.63, 3.8) is 0 Å². The third-order valence-corrected chi connectivity index (χ3v) is 5.28. The largest absolute Gasteiger partial charge is 0.469 e. The lowest BCUT2D eigenvalue weighted by Crippen LogP contribution is -2.29. The number of carbonyl (C=O) groups excluding carboxylic acids is 2. The number of rotatable bonds is 14. The van der Waals surface area contributed by atoms with Crippen molar-refractivity contribution in [1.29, 1.82) is 0 Å². The van der Waals surface area contributed by atoms with Gasteiger partial charge in [0.05, 0.1) is 53.2 Å². The lowest BCUT2D eigenvalue weighted by Gasteiger charge is -2.14. The molecule has 178 valence electrons. The SMILES string of the molecule is COC(=O)CCOCCOCCOCCNC(=O)OCC1c2ccccc2-c2ccccc21. The summed E-state index contributed by atoms with van der Waals surface area (Å²) in [7, 11) is 1.35. The Morgan fingerprint density at radius 3 is 1.94 bits per heavy atom. The summed E-state index contributed by atoms with van der Waals surface area (Å²) in [4.78, 5) is 23.0. The van der Waals surface area contributed by atoms with E-state index in [1.54, 1.807) is 0 Å². The van der Waals surface area contributed by atoms with Crippen LogP contribution in [0.4, 0.5) is 4.79 Å². The predicted molar refractivity (Wildman–Crippen MR) is 122 cm³/mol. The first-order valence-corrected chi connectivity index (χ1v) is 11.1. The summed E-state index contributed by atoms with van der Waals surface area (Å²) in [6, 6.07) is 16.5. The van der Waals surface area contributed by atoms with Gasteiger partial charge in [-0.1, -0.05) is 48.5 Å². The van der Waals surface area contributed by atoms with Crippen molar-refractivity contribution in [3.05, 3.63) is 59.7 Å². The number of nitrogens with one attached hydrogen (secondary N) is 1. The van der Waals surface area contributed by atoms with E-state index in [4.69, 9.17) is 18.9 Å². The second-order valence-electron chi connectivity index (χ2n) is 7.42. The number of benzene rings is 2. The van der Waals surface area contributed by atoms with Crippen LogP contribution in [0, 0.1) is 0 Å². The molecule has 0 aliphatic heterocycles. The standard InChI is InChI=1S/C25H31NO7/c1-29-24(27)10-12-30-14-16-32-17-15-31-13-11-26-25(28)33-18-23-21-8-4-2-6-19(21)20-7-3-5-9-22(20)23/h2-9,23H,10-18H2,1H3,(H,26,28). The predicted octanol–water partition coefficient (Wildman–Crippen LogP) is 3.14. The second-order valence-corrected chi connectivity index (χ2v) is 7.42. The molecule has 0 aromatic heterocycles. The van der Waals surface area contributed by atoms with Crippen molar-refractivity contribution in [1.82, 2.24) is 5.32 Å². The van der Waals surface area contributed by atoms with Gasteiger partial charge in [0.1, 0.15) is 6.61 Å². The summed E-state index contributed by atoms with van der Waals surface area (Å²) >= 11 is 0. The molecule has 3 rings (SSSR count). The Hall–Kier alpha value is -2.94. The van der Waals surface area contributed by atoms with Gasteiger partial charge in [-0.15, -0.1) is 0 Å². The highest BCUT2D eigenvalue weighted by Crippen LogP contribution is 2.44. The first-order valence-electron chi connectivity index (χ1n) is 11.1. The summed E-state index contributed by atoms with van der Waals surface area (Å²) in [6.45, 7) is 2.98. The minimum absolute atomic E-state index is 0.0426. The van der Waals surface area contributed by atoms with Crippen molar-refractivity contribution < 1.29 is 33.3 Å². The Bertz CT molecular complexity index is 856. The maximum atomic E-state index is 12.1. The molecule has 0 radical (unpaired) electrons. The molecule has 0 saturated heterocycles. The molecular weight excluding hydrogens is 426 g/mol. The molecule has 0 heterocycles. The Labute approximate surface area is 194 Å². The highest BCUT2D eigenvalue weighted by molar-refractivity contribution is 5.79. The van der Waals surface area contributed by atoms with Crippen molar-refractivity contribution >= 4 is 12.1 Å². The highest BCUT2D eigenvalue weighted by atomic mass is 16.6. The molecule has 1 aliphatic rings. The number of ether oxygens (including phenoxy) is 5. The number of methoxy groups -OCH3 is 1. The molecule has 8 nitrogen and oxygen atoms in total. The van der Waals surface area contributed by atoms with Gasteiger partial charge in [0.2, 0.25) is 0 Å². The van der Waals surface area contributed by atoms with Gasteiger partial charge in [-0.3, -0.25) is 4.79 Å². The molecule has 1 aliphatic carbocycles. The lowest BCUT2D eigenvalue weighted by molar-refractivity contribution is -0.141. The van der Waals surface area contributed by atoms with E-state index in [9.17, 15) is 9.59 Å². The quantitative estimate of drug-likeness (QED) is 0.344.